The Bertz CT molecular complexity index is 633. The van der Waals surface area contributed by atoms with E-state index in [1.165, 1.54) is 11.1 Å². The Morgan fingerprint density at radius 1 is 0.958 bits per heavy atom. The molecule has 3 heteroatoms. The van der Waals surface area contributed by atoms with Crippen LogP contribution < -0.4 is 0 Å². The number of benzene rings is 2. The molecule has 0 atom stereocenters. The first-order valence-corrected chi connectivity index (χ1v) is 8.77. The summed E-state index contributed by atoms with van der Waals surface area (Å²) in [5, 5.41) is 0. The topological polar surface area (TPSA) is 23.6 Å². The summed E-state index contributed by atoms with van der Waals surface area (Å²) in [6, 6.07) is 20.8. The molecule has 0 unspecified atom stereocenters. The molecule has 3 rings (SSSR count). The molecule has 1 amide bonds. The monoisotopic (exact) mass is 322 g/mol. The van der Waals surface area contributed by atoms with Crippen LogP contribution in [0.25, 0.3) is 0 Å². The van der Waals surface area contributed by atoms with E-state index >= 15 is 0 Å². The maximum atomic E-state index is 12.7. The van der Waals surface area contributed by atoms with Crippen molar-refractivity contribution in [2.75, 3.05) is 20.1 Å². The van der Waals surface area contributed by atoms with Crippen molar-refractivity contribution in [3.63, 3.8) is 0 Å². The van der Waals surface area contributed by atoms with E-state index in [4.69, 9.17) is 0 Å². The molecular weight excluding hydrogens is 296 g/mol. The van der Waals surface area contributed by atoms with Gasteiger partial charge in [-0.1, -0.05) is 60.7 Å². The van der Waals surface area contributed by atoms with Gasteiger partial charge in [0.1, 0.15) is 0 Å². The van der Waals surface area contributed by atoms with Crippen LogP contribution in [0.4, 0.5) is 0 Å². The van der Waals surface area contributed by atoms with Crippen molar-refractivity contribution in [3.8, 4) is 0 Å². The van der Waals surface area contributed by atoms with Crippen LogP contribution in [0.15, 0.2) is 60.7 Å². The normalized spacial score (nSPS) is 16.0. The van der Waals surface area contributed by atoms with Gasteiger partial charge in [-0.3, -0.25) is 9.69 Å². The minimum atomic E-state index is 0.172. The zero-order chi connectivity index (χ0) is 16.8. The van der Waals surface area contributed by atoms with Crippen LogP contribution in [-0.4, -0.2) is 35.8 Å². The van der Waals surface area contributed by atoms with Gasteiger partial charge in [0.05, 0.1) is 0 Å². The molecular formula is C21H26N2O. The summed E-state index contributed by atoms with van der Waals surface area (Å²) in [5.74, 6) is 0.462. The summed E-state index contributed by atoms with van der Waals surface area (Å²) in [4.78, 5) is 17.0. The largest absolute Gasteiger partial charge is 0.341 e. The van der Waals surface area contributed by atoms with Gasteiger partial charge < -0.3 is 4.90 Å². The van der Waals surface area contributed by atoms with E-state index in [1.54, 1.807) is 0 Å². The van der Waals surface area contributed by atoms with Crippen molar-refractivity contribution in [2.24, 2.45) is 5.92 Å². The maximum absolute atomic E-state index is 12.7. The smallest absolute Gasteiger partial charge is 0.225 e. The van der Waals surface area contributed by atoms with Crippen LogP contribution in [0.5, 0.6) is 0 Å². The molecule has 24 heavy (non-hydrogen) atoms. The fourth-order valence-electron chi connectivity index (χ4n) is 3.43. The minimum absolute atomic E-state index is 0.172. The number of likely N-dealkylation sites (tertiary alicyclic amines) is 1. The molecule has 0 radical (unpaired) electrons. The first kappa shape index (κ1) is 16.7. The highest BCUT2D eigenvalue weighted by atomic mass is 16.2. The second kappa shape index (κ2) is 8.11. The average Bonchev–Trinajstić information content (AvgIpc) is 2.63. The molecule has 0 aliphatic carbocycles. The van der Waals surface area contributed by atoms with E-state index in [0.717, 1.165) is 32.5 Å². The first-order valence-electron chi connectivity index (χ1n) is 8.77. The number of piperidine rings is 1. The van der Waals surface area contributed by atoms with Crippen LogP contribution in [0, 0.1) is 5.92 Å². The molecule has 1 saturated heterocycles. The highest BCUT2D eigenvalue weighted by molar-refractivity contribution is 5.78. The summed E-state index contributed by atoms with van der Waals surface area (Å²) in [6.07, 6.45) is 1.93. The summed E-state index contributed by atoms with van der Waals surface area (Å²) in [7, 11) is 1.92. The Morgan fingerprint density at radius 2 is 1.50 bits per heavy atom. The van der Waals surface area contributed by atoms with Gasteiger partial charge in [0.15, 0.2) is 0 Å². The molecule has 0 saturated carbocycles. The Hall–Kier alpha value is -2.13. The summed E-state index contributed by atoms with van der Waals surface area (Å²) >= 11 is 0. The second-order valence-corrected chi connectivity index (χ2v) is 6.72. The van der Waals surface area contributed by atoms with Crippen LogP contribution >= 0.6 is 0 Å². The van der Waals surface area contributed by atoms with Gasteiger partial charge in [-0.25, -0.2) is 0 Å². The molecule has 0 aromatic heterocycles. The Labute approximate surface area is 144 Å². The van der Waals surface area contributed by atoms with Crippen LogP contribution in [0.1, 0.15) is 24.0 Å². The lowest BCUT2D eigenvalue weighted by atomic mass is 9.95. The maximum Gasteiger partial charge on any atom is 0.225 e. The molecule has 2 aromatic rings. The highest BCUT2D eigenvalue weighted by Crippen LogP contribution is 2.21. The van der Waals surface area contributed by atoms with Crippen LogP contribution in [0.2, 0.25) is 0 Å². The summed E-state index contributed by atoms with van der Waals surface area (Å²) in [6.45, 7) is 3.69. The molecule has 1 aliphatic rings. The van der Waals surface area contributed by atoms with Crippen molar-refractivity contribution >= 4 is 5.91 Å². The Kier molecular flexibility index (Phi) is 5.65. The Balaban J connectivity index is 1.48. The summed E-state index contributed by atoms with van der Waals surface area (Å²) in [5.41, 5.74) is 2.54. The zero-order valence-electron chi connectivity index (χ0n) is 14.4. The average molecular weight is 322 g/mol. The minimum Gasteiger partial charge on any atom is -0.341 e. The second-order valence-electron chi connectivity index (χ2n) is 6.72. The molecule has 3 nitrogen and oxygen atoms in total. The molecule has 1 aliphatic heterocycles. The van der Waals surface area contributed by atoms with Crippen molar-refractivity contribution in [1.29, 1.82) is 0 Å². The molecule has 1 fully saturated rings. The van der Waals surface area contributed by atoms with Crippen LogP contribution in [0.3, 0.4) is 0 Å². The van der Waals surface area contributed by atoms with E-state index in [9.17, 15) is 4.79 Å². The van der Waals surface area contributed by atoms with Crippen molar-refractivity contribution in [3.05, 3.63) is 71.8 Å². The van der Waals surface area contributed by atoms with Gasteiger partial charge in [-0.05, 0) is 37.1 Å². The van der Waals surface area contributed by atoms with Gasteiger partial charge in [0, 0.05) is 26.1 Å². The third-order valence-corrected chi connectivity index (χ3v) is 4.82. The zero-order valence-corrected chi connectivity index (χ0v) is 14.4. The first-order chi connectivity index (χ1) is 11.7. The van der Waals surface area contributed by atoms with Crippen molar-refractivity contribution in [1.82, 2.24) is 9.80 Å². The third-order valence-electron chi connectivity index (χ3n) is 4.82. The summed E-state index contributed by atoms with van der Waals surface area (Å²) < 4.78 is 0. The Morgan fingerprint density at radius 3 is 2.08 bits per heavy atom. The molecule has 0 N–H and O–H groups in total. The van der Waals surface area contributed by atoms with E-state index in [2.05, 4.69) is 47.4 Å². The molecule has 2 aromatic carbocycles. The van der Waals surface area contributed by atoms with Gasteiger partial charge in [-0.15, -0.1) is 0 Å². The van der Waals surface area contributed by atoms with Crippen LogP contribution in [-0.2, 0) is 17.9 Å². The number of carbonyl (C=O) groups excluding carboxylic acids is 1. The quantitative estimate of drug-likeness (QED) is 0.840. The molecule has 0 bridgehead atoms. The van der Waals surface area contributed by atoms with Gasteiger partial charge in [0.2, 0.25) is 5.91 Å². The van der Waals surface area contributed by atoms with E-state index in [1.807, 2.05) is 30.1 Å². The van der Waals surface area contributed by atoms with Gasteiger partial charge >= 0.3 is 0 Å². The highest BCUT2D eigenvalue weighted by Gasteiger charge is 2.27. The lowest BCUT2D eigenvalue weighted by Crippen LogP contribution is -2.40. The standard InChI is InChI=1S/C21H26N2O/c1-22(16-18-8-4-2-5-9-18)21(24)20-12-14-23(15-13-20)17-19-10-6-3-7-11-19/h2-11,20H,12-17H2,1H3. The number of hydrogen-bond donors (Lipinski definition) is 0. The van der Waals surface area contributed by atoms with Crippen molar-refractivity contribution in [2.45, 2.75) is 25.9 Å². The fraction of sp³-hybridized carbons (Fsp3) is 0.381. The fourth-order valence-corrected chi connectivity index (χ4v) is 3.43. The van der Waals surface area contributed by atoms with Gasteiger partial charge in [-0.2, -0.15) is 0 Å². The predicted molar refractivity (Wildman–Crippen MR) is 97.4 cm³/mol. The van der Waals surface area contributed by atoms with E-state index < -0.39 is 0 Å². The lowest BCUT2D eigenvalue weighted by molar-refractivity contribution is -0.136. The van der Waals surface area contributed by atoms with Gasteiger partial charge in [0.25, 0.3) is 0 Å². The van der Waals surface area contributed by atoms with E-state index in [-0.39, 0.29) is 5.92 Å². The molecule has 0 spiro atoms. The number of nitrogens with zero attached hydrogens (tertiary/aromatic N) is 2. The lowest BCUT2D eigenvalue weighted by Gasteiger charge is -2.33. The number of carbonyl (C=O) groups is 1. The van der Waals surface area contributed by atoms with Crippen molar-refractivity contribution < 1.29 is 4.79 Å². The number of amides is 1. The van der Waals surface area contributed by atoms with E-state index in [0.29, 0.717) is 12.5 Å². The number of hydrogen-bond acceptors (Lipinski definition) is 2. The number of rotatable bonds is 5. The predicted octanol–water partition coefficient (Wildman–Crippen LogP) is 3.56. The SMILES string of the molecule is CN(Cc1ccccc1)C(=O)C1CCN(Cc2ccccc2)CC1. The molecule has 1 heterocycles. The third kappa shape index (κ3) is 4.45. The molecule has 126 valence electrons.